The molecule has 7 nitrogen and oxygen atoms in total. The summed E-state index contributed by atoms with van der Waals surface area (Å²) in [5.41, 5.74) is 6.56. The number of aryl methyl sites for hydroxylation is 1. The van der Waals surface area contributed by atoms with Crippen LogP contribution in [0.2, 0.25) is 0 Å². The van der Waals surface area contributed by atoms with Crippen molar-refractivity contribution in [3.63, 3.8) is 0 Å². The molecule has 1 amide bonds. The lowest BCUT2D eigenvalue weighted by molar-refractivity contribution is 0.102. The fourth-order valence-electron chi connectivity index (χ4n) is 1.38. The van der Waals surface area contributed by atoms with Gasteiger partial charge in [-0.2, -0.15) is 5.10 Å². The first-order valence-electron chi connectivity index (χ1n) is 5.15. The first-order chi connectivity index (χ1) is 8.56. The van der Waals surface area contributed by atoms with Crippen LogP contribution in [0.3, 0.4) is 0 Å². The molecule has 0 saturated carbocycles. The Hall–Kier alpha value is -2.70. The van der Waals surface area contributed by atoms with Gasteiger partial charge in [-0.1, -0.05) is 0 Å². The summed E-state index contributed by atoms with van der Waals surface area (Å²) in [5, 5.41) is 8.43. The van der Waals surface area contributed by atoms with Crippen LogP contribution in [0.1, 0.15) is 16.1 Å². The highest BCUT2D eigenvalue weighted by Gasteiger charge is 2.11. The Morgan fingerprint density at radius 2 is 2.22 bits per heavy atom. The molecule has 0 spiro atoms. The molecule has 0 aromatic carbocycles. The third-order valence-electron chi connectivity index (χ3n) is 2.27. The molecule has 4 N–H and O–H groups in total. The largest absolute Gasteiger partial charge is 0.397 e. The summed E-state index contributed by atoms with van der Waals surface area (Å²) in [6.45, 7) is 1.70. The van der Waals surface area contributed by atoms with Gasteiger partial charge in [0.15, 0.2) is 5.82 Å². The number of anilines is 2. The molecule has 0 atom stereocenters. The Kier molecular flexibility index (Phi) is 3.05. The minimum absolute atomic E-state index is 0.251. The number of carbonyl (C=O) groups is 1. The van der Waals surface area contributed by atoms with Gasteiger partial charge in [0.2, 0.25) is 0 Å². The summed E-state index contributed by atoms with van der Waals surface area (Å²) in [5.74, 6) is -0.131. The van der Waals surface area contributed by atoms with Crippen molar-refractivity contribution < 1.29 is 4.79 Å². The van der Waals surface area contributed by atoms with Gasteiger partial charge in [-0.25, -0.2) is 5.10 Å². The van der Waals surface area contributed by atoms with Gasteiger partial charge < -0.3 is 11.1 Å². The van der Waals surface area contributed by atoms with Crippen LogP contribution in [0.15, 0.2) is 29.2 Å². The van der Waals surface area contributed by atoms with Crippen molar-refractivity contribution in [1.29, 1.82) is 0 Å². The Morgan fingerprint density at radius 1 is 1.44 bits per heavy atom. The number of pyridine rings is 1. The Bertz CT molecular complexity index is 630. The van der Waals surface area contributed by atoms with E-state index in [9.17, 15) is 9.59 Å². The highest BCUT2D eigenvalue weighted by molar-refractivity contribution is 6.04. The minimum atomic E-state index is -0.383. The fourth-order valence-corrected chi connectivity index (χ4v) is 1.38. The van der Waals surface area contributed by atoms with E-state index in [1.807, 2.05) is 0 Å². The zero-order chi connectivity index (χ0) is 13.1. The number of nitrogens with zero attached hydrogens (tertiary/aromatic N) is 2. The van der Waals surface area contributed by atoms with Gasteiger partial charge in [0.25, 0.3) is 11.5 Å². The number of H-pyrrole nitrogens is 1. The molecule has 0 aliphatic rings. The molecule has 2 aromatic rings. The van der Waals surface area contributed by atoms with E-state index < -0.39 is 0 Å². The SMILES string of the molecule is Cc1ncc(N)cc1C(=O)Nc1ccc(=O)[nH]n1. The molecule has 7 heteroatoms. The average molecular weight is 245 g/mol. The summed E-state index contributed by atoms with van der Waals surface area (Å²) in [6.07, 6.45) is 1.48. The van der Waals surface area contributed by atoms with Crippen molar-refractivity contribution in [2.24, 2.45) is 0 Å². The van der Waals surface area contributed by atoms with E-state index in [-0.39, 0.29) is 17.3 Å². The van der Waals surface area contributed by atoms with Crippen LogP contribution >= 0.6 is 0 Å². The molecule has 0 radical (unpaired) electrons. The number of nitrogens with two attached hydrogens (primary N) is 1. The number of nitrogens with one attached hydrogen (secondary N) is 2. The zero-order valence-electron chi connectivity index (χ0n) is 9.60. The van der Waals surface area contributed by atoms with Gasteiger partial charge in [-0.3, -0.25) is 14.6 Å². The van der Waals surface area contributed by atoms with Crippen LogP contribution in [-0.2, 0) is 0 Å². The number of carbonyl (C=O) groups excluding carboxylic acids is 1. The predicted octanol–water partition coefficient (Wildman–Crippen LogP) is 0.308. The Morgan fingerprint density at radius 3 is 2.89 bits per heavy atom. The number of amides is 1. The summed E-state index contributed by atoms with van der Waals surface area (Å²) in [6, 6.07) is 4.21. The number of rotatable bonds is 2. The van der Waals surface area contributed by atoms with Gasteiger partial charge in [0.05, 0.1) is 23.1 Å². The monoisotopic (exact) mass is 245 g/mol. The molecule has 92 valence electrons. The van der Waals surface area contributed by atoms with Crippen LogP contribution in [-0.4, -0.2) is 21.1 Å². The van der Waals surface area contributed by atoms with Crippen molar-refractivity contribution in [1.82, 2.24) is 15.2 Å². The predicted molar refractivity (Wildman–Crippen MR) is 66.2 cm³/mol. The zero-order valence-corrected chi connectivity index (χ0v) is 9.60. The van der Waals surface area contributed by atoms with Crippen LogP contribution in [0.5, 0.6) is 0 Å². The number of hydrogen-bond acceptors (Lipinski definition) is 5. The van der Waals surface area contributed by atoms with E-state index in [1.54, 1.807) is 6.92 Å². The van der Waals surface area contributed by atoms with Gasteiger partial charge >= 0.3 is 0 Å². The fraction of sp³-hybridized carbons (Fsp3) is 0.0909. The van der Waals surface area contributed by atoms with E-state index in [0.717, 1.165) is 0 Å². The van der Waals surface area contributed by atoms with Crippen molar-refractivity contribution in [2.45, 2.75) is 6.92 Å². The highest BCUT2D eigenvalue weighted by atomic mass is 16.2. The van der Waals surface area contributed by atoms with Gasteiger partial charge in [-0.15, -0.1) is 0 Å². The van der Waals surface area contributed by atoms with Gasteiger partial charge in [0, 0.05) is 6.07 Å². The third kappa shape index (κ3) is 2.51. The molecule has 0 fully saturated rings. The van der Waals surface area contributed by atoms with E-state index in [4.69, 9.17) is 5.73 Å². The van der Waals surface area contributed by atoms with Crippen LogP contribution < -0.4 is 16.6 Å². The number of aromatic amines is 1. The normalized spacial score (nSPS) is 10.1. The standard InChI is InChI=1S/C11H11N5O2/c1-6-8(4-7(12)5-13-6)11(18)14-9-2-3-10(17)16-15-9/h2-5H,12H2,1H3,(H,16,17)(H,14,15,18). The third-order valence-corrected chi connectivity index (χ3v) is 2.27. The van der Waals surface area contributed by atoms with E-state index in [0.29, 0.717) is 16.9 Å². The molecular formula is C11H11N5O2. The molecule has 0 aliphatic carbocycles. The lowest BCUT2D eigenvalue weighted by atomic mass is 10.2. The maximum Gasteiger partial charge on any atom is 0.264 e. The van der Waals surface area contributed by atoms with E-state index in [2.05, 4.69) is 20.5 Å². The summed E-state index contributed by atoms with van der Waals surface area (Å²) >= 11 is 0. The highest BCUT2D eigenvalue weighted by Crippen LogP contribution is 2.11. The number of hydrogen-bond donors (Lipinski definition) is 3. The Balaban J connectivity index is 2.24. The topological polar surface area (TPSA) is 114 Å². The minimum Gasteiger partial charge on any atom is -0.397 e. The second-order valence-electron chi connectivity index (χ2n) is 3.66. The van der Waals surface area contributed by atoms with E-state index in [1.165, 1.54) is 24.4 Å². The molecule has 0 aliphatic heterocycles. The number of nitrogen functional groups attached to an aromatic ring is 1. The second-order valence-corrected chi connectivity index (χ2v) is 3.66. The number of aromatic nitrogens is 3. The second kappa shape index (κ2) is 4.66. The summed E-state index contributed by atoms with van der Waals surface area (Å²) in [4.78, 5) is 26.7. The van der Waals surface area contributed by atoms with Crippen LogP contribution in [0.4, 0.5) is 11.5 Å². The van der Waals surface area contributed by atoms with Crippen molar-refractivity contribution in [3.8, 4) is 0 Å². The average Bonchev–Trinajstić information content (AvgIpc) is 2.35. The molecule has 0 bridgehead atoms. The lowest BCUT2D eigenvalue weighted by Crippen LogP contribution is -2.17. The first-order valence-corrected chi connectivity index (χ1v) is 5.15. The molecular weight excluding hydrogens is 234 g/mol. The molecule has 18 heavy (non-hydrogen) atoms. The summed E-state index contributed by atoms with van der Waals surface area (Å²) in [7, 11) is 0. The molecule has 2 heterocycles. The smallest absolute Gasteiger partial charge is 0.264 e. The molecule has 0 saturated heterocycles. The van der Waals surface area contributed by atoms with Crippen molar-refractivity contribution in [2.75, 3.05) is 11.1 Å². The van der Waals surface area contributed by atoms with Crippen LogP contribution in [0.25, 0.3) is 0 Å². The maximum absolute atomic E-state index is 11.9. The lowest BCUT2D eigenvalue weighted by Gasteiger charge is -2.06. The van der Waals surface area contributed by atoms with Crippen LogP contribution in [0, 0.1) is 6.92 Å². The molecule has 2 rings (SSSR count). The van der Waals surface area contributed by atoms with Crippen molar-refractivity contribution >= 4 is 17.4 Å². The van der Waals surface area contributed by atoms with Gasteiger partial charge in [0.1, 0.15) is 0 Å². The molecule has 0 unspecified atom stereocenters. The molecule has 2 aromatic heterocycles. The quantitative estimate of drug-likeness (QED) is 0.704. The Labute approximate surface area is 102 Å². The van der Waals surface area contributed by atoms with Crippen molar-refractivity contribution in [3.05, 3.63) is 46.0 Å². The van der Waals surface area contributed by atoms with Gasteiger partial charge in [-0.05, 0) is 19.1 Å². The maximum atomic E-state index is 11.9. The van der Waals surface area contributed by atoms with E-state index >= 15 is 0 Å². The summed E-state index contributed by atoms with van der Waals surface area (Å²) < 4.78 is 0. The first kappa shape index (κ1) is 11.8.